The summed E-state index contributed by atoms with van der Waals surface area (Å²) in [4.78, 5) is 21.9. The van der Waals surface area contributed by atoms with Crippen LogP contribution in [0.25, 0.3) is 0 Å². The van der Waals surface area contributed by atoms with E-state index in [4.69, 9.17) is 0 Å². The highest BCUT2D eigenvalue weighted by atomic mass is 16.1. The summed E-state index contributed by atoms with van der Waals surface area (Å²) in [6.07, 6.45) is 5.86. The lowest BCUT2D eigenvalue weighted by atomic mass is 9.93. The Morgan fingerprint density at radius 1 is 1.35 bits per heavy atom. The summed E-state index contributed by atoms with van der Waals surface area (Å²) < 4.78 is 0. The second-order valence-corrected chi connectivity index (χ2v) is 4.60. The predicted molar refractivity (Wildman–Crippen MR) is 67.1 cm³/mol. The summed E-state index contributed by atoms with van der Waals surface area (Å²) in [6.45, 7) is 2.09. The zero-order valence-electron chi connectivity index (χ0n) is 10.5. The van der Waals surface area contributed by atoms with Gasteiger partial charge >= 0.3 is 0 Å². The van der Waals surface area contributed by atoms with E-state index in [1.54, 1.807) is 6.33 Å². The molecule has 0 aromatic carbocycles. The Kier molecular flexibility index (Phi) is 3.71. The van der Waals surface area contributed by atoms with E-state index in [9.17, 15) is 4.79 Å². The molecule has 0 spiro atoms. The van der Waals surface area contributed by atoms with Crippen LogP contribution in [0.2, 0.25) is 0 Å². The number of carbonyl (C=O) groups excluding carboxylic acids is 1. The molecule has 92 valence electrons. The van der Waals surface area contributed by atoms with Gasteiger partial charge in [-0.05, 0) is 19.3 Å². The van der Waals surface area contributed by atoms with Crippen molar-refractivity contribution in [1.29, 1.82) is 0 Å². The van der Waals surface area contributed by atoms with Crippen LogP contribution in [0.15, 0.2) is 12.4 Å². The number of hydrogen-bond acceptors (Lipinski definition) is 4. The average molecular weight is 233 g/mol. The molecule has 0 amide bonds. The van der Waals surface area contributed by atoms with Gasteiger partial charge in [-0.3, -0.25) is 4.79 Å². The van der Waals surface area contributed by atoms with Gasteiger partial charge in [-0.15, -0.1) is 0 Å². The lowest BCUT2D eigenvalue weighted by Crippen LogP contribution is -2.35. The summed E-state index contributed by atoms with van der Waals surface area (Å²) in [6, 6.07) is 2.48. The molecule has 1 aromatic rings. The maximum absolute atomic E-state index is 11.2. The summed E-state index contributed by atoms with van der Waals surface area (Å²) in [5.74, 6) is 1.36. The number of ketones is 1. The first-order valence-corrected chi connectivity index (χ1v) is 6.26. The standard InChI is InChI=1S/C13H19N3O/c1-3-10-8-13(15-9-14-10)16(2)11-4-6-12(17)7-5-11/h8-9,11H,3-7H2,1-2H3. The number of nitrogens with zero attached hydrogens (tertiary/aromatic N) is 3. The highest BCUT2D eigenvalue weighted by molar-refractivity contribution is 5.79. The van der Waals surface area contributed by atoms with Gasteiger partial charge in [0.25, 0.3) is 0 Å². The number of aryl methyl sites for hydroxylation is 1. The van der Waals surface area contributed by atoms with Crippen molar-refractivity contribution in [2.45, 2.75) is 45.1 Å². The number of carbonyl (C=O) groups is 1. The normalized spacial score (nSPS) is 17.2. The van der Waals surface area contributed by atoms with Crippen LogP contribution < -0.4 is 4.90 Å². The van der Waals surface area contributed by atoms with Gasteiger partial charge in [-0.2, -0.15) is 0 Å². The molecule has 1 aliphatic carbocycles. The molecule has 1 aliphatic rings. The molecule has 1 saturated carbocycles. The smallest absolute Gasteiger partial charge is 0.133 e. The highest BCUT2D eigenvalue weighted by Gasteiger charge is 2.23. The maximum Gasteiger partial charge on any atom is 0.133 e. The molecule has 0 saturated heterocycles. The Balaban J connectivity index is 2.07. The van der Waals surface area contributed by atoms with Gasteiger partial charge in [0, 0.05) is 37.7 Å². The molecule has 0 aliphatic heterocycles. The topological polar surface area (TPSA) is 46.1 Å². The van der Waals surface area contributed by atoms with Crippen molar-refractivity contribution in [3.8, 4) is 0 Å². The Morgan fingerprint density at radius 3 is 2.71 bits per heavy atom. The van der Waals surface area contributed by atoms with Crippen LogP contribution in [0, 0.1) is 0 Å². The van der Waals surface area contributed by atoms with E-state index >= 15 is 0 Å². The molecule has 0 radical (unpaired) electrons. The number of hydrogen-bond donors (Lipinski definition) is 0. The second kappa shape index (κ2) is 5.25. The van der Waals surface area contributed by atoms with Crippen LogP contribution in [0.1, 0.15) is 38.3 Å². The van der Waals surface area contributed by atoms with Crippen molar-refractivity contribution in [3.63, 3.8) is 0 Å². The molecular weight excluding hydrogens is 214 g/mol. The maximum atomic E-state index is 11.2. The fourth-order valence-corrected chi connectivity index (χ4v) is 2.27. The summed E-state index contributed by atoms with van der Waals surface area (Å²) in [5.41, 5.74) is 1.06. The monoisotopic (exact) mass is 233 g/mol. The summed E-state index contributed by atoms with van der Waals surface area (Å²) in [5, 5.41) is 0. The van der Waals surface area contributed by atoms with Crippen LogP contribution in [-0.4, -0.2) is 28.8 Å². The quantitative estimate of drug-likeness (QED) is 0.801. The van der Waals surface area contributed by atoms with E-state index in [0.29, 0.717) is 24.7 Å². The Morgan fingerprint density at radius 2 is 2.06 bits per heavy atom. The zero-order valence-corrected chi connectivity index (χ0v) is 10.5. The largest absolute Gasteiger partial charge is 0.357 e. The Labute approximate surface area is 102 Å². The highest BCUT2D eigenvalue weighted by Crippen LogP contribution is 2.23. The van der Waals surface area contributed by atoms with Crippen LogP contribution in [-0.2, 0) is 11.2 Å². The first-order chi connectivity index (χ1) is 8.20. The van der Waals surface area contributed by atoms with Gasteiger partial charge in [0.05, 0.1) is 0 Å². The van der Waals surface area contributed by atoms with Crippen LogP contribution in [0.4, 0.5) is 5.82 Å². The SMILES string of the molecule is CCc1cc(N(C)C2CCC(=O)CC2)ncn1. The minimum absolute atomic E-state index is 0.395. The zero-order chi connectivity index (χ0) is 12.3. The molecule has 4 heteroatoms. The van der Waals surface area contributed by atoms with Gasteiger partial charge in [0.15, 0.2) is 0 Å². The minimum atomic E-state index is 0.395. The number of anilines is 1. The van der Waals surface area contributed by atoms with E-state index in [0.717, 1.165) is 30.8 Å². The Bertz CT molecular complexity index is 395. The fourth-order valence-electron chi connectivity index (χ4n) is 2.27. The molecule has 17 heavy (non-hydrogen) atoms. The molecule has 0 unspecified atom stereocenters. The van der Waals surface area contributed by atoms with Gasteiger partial charge in [-0.25, -0.2) is 9.97 Å². The Hall–Kier alpha value is -1.45. The third-order valence-corrected chi connectivity index (χ3v) is 3.49. The second-order valence-electron chi connectivity index (χ2n) is 4.60. The van der Waals surface area contributed by atoms with Crippen molar-refractivity contribution >= 4 is 11.6 Å². The van der Waals surface area contributed by atoms with Crippen molar-refractivity contribution in [3.05, 3.63) is 18.1 Å². The van der Waals surface area contributed by atoms with Gasteiger partial charge in [0.1, 0.15) is 17.9 Å². The molecule has 1 fully saturated rings. The van der Waals surface area contributed by atoms with Crippen molar-refractivity contribution in [2.75, 3.05) is 11.9 Å². The predicted octanol–water partition coefficient (Wildman–Crippen LogP) is 1.99. The molecule has 2 rings (SSSR count). The molecule has 0 atom stereocenters. The molecule has 0 N–H and O–H groups in total. The van der Waals surface area contributed by atoms with Gasteiger partial charge < -0.3 is 4.90 Å². The third-order valence-electron chi connectivity index (χ3n) is 3.49. The van der Waals surface area contributed by atoms with Gasteiger partial charge in [-0.1, -0.05) is 6.92 Å². The first-order valence-electron chi connectivity index (χ1n) is 6.26. The lowest BCUT2D eigenvalue weighted by Gasteiger charge is -2.31. The van der Waals surface area contributed by atoms with Crippen molar-refractivity contribution < 1.29 is 4.79 Å². The fraction of sp³-hybridized carbons (Fsp3) is 0.615. The first kappa shape index (κ1) is 12.0. The number of rotatable bonds is 3. The van der Waals surface area contributed by atoms with Crippen molar-refractivity contribution in [1.82, 2.24) is 9.97 Å². The number of Topliss-reactive ketones (excluding diaryl/α,β-unsaturated/α-hetero) is 1. The molecule has 1 aromatic heterocycles. The molecule has 1 heterocycles. The minimum Gasteiger partial charge on any atom is -0.357 e. The van der Waals surface area contributed by atoms with Crippen LogP contribution in [0.5, 0.6) is 0 Å². The molecular formula is C13H19N3O. The number of aromatic nitrogens is 2. The van der Waals surface area contributed by atoms with E-state index in [-0.39, 0.29) is 0 Å². The van der Waals surface area contributed by atoms with Crippen molar-refractivity contribution in [2.24, 2.45) is 0 Å². The van der Waals surface area contributed by atoms with E-state index in [2.05, 4.69) is 28.8 Å². The van der Waals surface area contributed by atoms with E-state index in [1.165, 1.54) is 0 Å². The van der Waals surface area contributed by atoms with E-state index < -0.39 is 0 Å². The molecule has 4 nitrogen and oxygen atoms in total. The average Bonchev–Trinajstić information content (AvgIpc) is 2.39. The van der Waals surface area contributed by atoms with E-state index in [1.807, 2.05) is 6.07 Å². The summed E-state index contributed by atoms with van der Waals surface area (Å²) in [7, 11) is 2.06. The molecule has 0 bridgehead atoms. The van der Waals surface area contributed by atoms with Crippen LogP contribution in [0.3, 0.4) is 0 Å². The van der Waals surface area contributed by atoms with Crippen LogP contribution >= 0.6 is 0 Å². The summed E-state index contributed by atoms with van der Waals surface area (Å²) >= 11 is 0. The lowest BCUT2D eigenvalue weighted by molar-refractivity contribution is -0.120. The van der Waals surface area contributed by atoms with Gasteiger partial charge in [0.2, 0.25) is 0 Å². The third kappa shape index (κ3) is 2.81.